The Balaban J connectivity index is 2.09. The first-order valence-electron chi connectivity index (χ1n) is 8.92. The maximum atomic E-state index is 5.75. The molecule has 25 heavy (non-hydrogen) atoms. The number of nitrogens with zero attached hydrogens (tertiary/aromatic N) is 1. The minimum Gasteiger partial charge on any atom is -0.344 e. The molecule has 0 fully saturated rings. The van der Waals surface area contributed by atoms with E-state index in [-0.39, 0.29) is 0 Å². The third-order valence-electron chi connectivity index (χ3n) is 4.45. The summed E-state index contributed by atoms with van der Waals surface area (Å²) in [6.45, 7) is 7.19. The van der Waals surface area contributed by atoms with Crippen molar-refractivity contribution in [2.75, 3.05) is 32.5 Å². The van der Waals surface area contributed by atoms with Crippen LogP contribution in [0.25, 0.3) is 0 Å². The van der Waals surface area contributed by atoms with Crippen molar-refractivity contribution in [3.05, 3.63) is 65.2 Å². The molecule has 0 unspecified atom stereocenters. The summed E-state index contributed by atoms with van der Waals surface area (Å²) in [5.74, 6) is 0. The van der Waals surface area contributed by atoms with Gasteiger partial charge in [-0.25, -0.2) is 0 Å². The van der Waals surface area contributed by atoms with Gasteiger partial charge in [0.25, 0.3) is 0 Å². The minimum absolute atomic E-state index is 0.798. The van der Waals surface area contributed by atoms with Gasteiger partial charge < -0.3 is 15.1 Å². The van der Waals surface area contributed by atoms with Crippen LogP contribution in [0.5, 0.6) is 0 Å². The number of rotatable bonds is 7. The van der Waals surface area contributed by atoms with E-state index in [1.54, 1.807) is 0 Å². The van der Waals surface area contributed by atoms with E-state index in [1.807, 2.05) is 0 Å². The fourth-order valence-corrected chi connectivity index (χ4v) is 3.03. The molecule has 134 valence electrons. The quantitative estimate of drug-likeness (QED) is 0.744. The maximum absolute atomic E-state index is 5.75. The highest BCUT2D eigenvalue weighted by Gasteiger charge is 2.12. The predicted molar refractivity (Wildman–Crippen MR) is 111 cm³/mol. The number of quaternary nitrogens is 1. The van der Waals surface area contributed by atoms with Crippen LogP contribution in [0.1, 0.15) is 23.1 Å². The first-order chi connectivity index (χ1) is 12.0. The Morgan fingerprint density at radius 1 is 1.04 bits per heavy atom. The third-order valence-corrected chi connectivity index (χ3v) is 4.81. The fourth-order valence-electron chi connectivity index (χ4n) is 2.76. The molecule has 2 aromatic rings. The molecule has 2 rings (SSSR count). The van der Waals surface area contributed by atoms with Crippen LogP contribution in [0.4, 0.5) is 5.69 Å². The molecule has 0 saturated carbocycles. The van der Waals surface area contributed by atoms with Gasteiger partial charge in [0.05, 0.1) is 20.6 Å². The second-order valence-electron chi connectivity index (χ2n) is 6.90. The molecule has 0 spiro atoms. The second kappa shape index (κ2) is 9.54. The van der Waals surface area contributed by atoms with E-state index in [0.717, 1.165) is 36.9 Å². The summed E-state index contributed by atoms with van der Waals surface area (Å²) >= 11 is 5.75. The molecule has 0 heterocycles. The lowest BCUT2D eigenvalue weighted by atomic mass is 10.1. The highest BCUT2D eigenvalue weighted by Crippen LogP contribution is 2.19. The topological polar surface area (TPSA) is 19.7 Å². The van der Waals surface area contributed by atoms with Gasteiger partial charge in [-0.3, -0.25) is 0 Å². The monoisotopic (exact) mass is 356 g/mol. The van der Waals surface area contributed by atoms with Gasteiger partial charge in [0.1, 0.15) is 0 Å². The Hall–Kier alpha value is -1.91. The van der Waals surface area contributed by atoms with Gasteiger partial charge >= 0.3 is 0 Å². The summed E-state index contributed by atoms with van der Waals surface area (Å²) in [6, 6.07) is 16.8. The van der Waals surface area contributed by atoms with Crippen LogP contribution in [0, 0.1) is 13.8 Å². The summed E-state index contributed by atoms with van der Waals surface area (Å²) in [7, 11) is 4.38. The number of hydrogen-bond acceptors (Lipinski definition) is 1. The van der Waals surface area contributed by atoms with Crippen LogP contribution < -0.4 is 10.2 Å². The van der Waals surface area contributed by atoms with E-state index in [9.17, 15) is 0 Å². The lowest BCUT2D eigenvalue weighted by molar-refractivity contribution is -0.858. The van der Waals surface area contributed by atoms with Crippen LogP contribution >= 0.6 is 12.2 Å². The lowest BCUT2D eigenvalue weighted by Gasteiger charge is -2.27. The number of nitrogens with one attached hydrogen (secondary N) is 2. The molecular formula is C21H30N3S+. The average molecular weight is 357 g/mol. The van der Waals surface area contributed by atoms with Crippen molar-refractivity contribution in [1.82, 2.24) is 4.90 Å². The zero-order valence-corrected chi connectivity index (χ0v) is 16.6. The molecule has 2 N–H and O–H groups in total. The molecular weight excluding hydrogens is 326 g/mol. The van der Waals surface area contributed by atoms with Gasteiger partial charge in [0.15, 0.2) is 5.11 Å². The van der Waals surface area contributed by atoms with E-state index >= 15 is 0 Å². The summed E-state index contributed by atoms with van der Waals surface area (Å²) in [4.78, 5) is 3.74. The molecule has 0 radical (unpaired) electrons. The Labute approximate surface area is 157 Å². The summed E-state index contributed by atoms with van der Waals surface area (Å²) < 4.78 is 0. The zero-order valence-electron chi connectivity index (χ0n) is 15.8. The second-order valence-corrected chi connectivity index (χ2v) is 7.28. The van der Waals surface area contributed by atoms with Crippen LogP contribution in [0.15, 0.2) is 48.5 Å². The molecule has 0 saturated heterocycles. The number of hydrogen-bond donors (Lipinski definition) is 2. The smallest absolute Gasteiger partial charge is 0.173 e. The first-order valence-corrected chi connectivity index (χ1v) is 9.33. The maximum Gasteiger partial charge on any atom is 0.173 e. The molecule has 0 aliphatic heterocycles. The molecule has 4 heteroatoms. The van der Waals surface area contributed by atoms with Gasteiger partial charge in [-0.05, 0) is 48.8 Å². The van der Waals surface area contributed by atoms with E-state index < -0.39 is 0 Å². The van der Waals surface area contributed by atoms with E-state index in [4.69, 9.17) is 12.2 Å². The van der Waals surface area contributed by atoms with Gasteiger partial charge in [-0.15, -0.1) is 0 Å². The molecule has 0 aliphatic carbocycles. The standard InChI is InChI=1S/C21H29N3S/c1-17-10-8-13-20(18(17)2)22-21(25)24(15-9-14-23(3)4)16-19-11-6-5-7-12-19/h5-8,10-13H,9,14-16H2,1-4H3,(H,22,25)/p+1. The average Bonchev–Trinajstić information content (AvgIpc) is 2.58. The first kappa shape index (κ1) is 19.4. The number of benzene rings is 2. The lowest BCUT2D eigenvalue weighted by Crippen LogP contribution is -3.05. The number of thiocarbonyl (C=S) groups is 1. The fraction of sp³-hybridized carbons (Fsp3) is 0.381. The van der Waals surface area contributed by atoms with E-state index in [0.29, 0.717) is 0 Å². The van der Waals surface area contributed by atoms with Crippen LogP contribution in [-0.4, -0.2) is 37.2 Å². The number of aryl methyl sites for hydroxylation is 1. The molecule has 3 nitrogen and oxygen atoms in total. The Morgan fingerprint density at radius 2 is 1.76 bits per heavy atom. The highest BCUT2D eigenvalue weighted by molar-refractivity contribution is 7.80. The normalized spacial score (nSPS) is 10.8. The summed E-state index contributed by atoms with van der Waals surface area (Å²) in [5.41, 5.74) is 4.91. The van der Waals surface area contributed by atoms with Crippen LogP contribution in [0.2, 0.25) is 0 Å². The molecule has 0 atom stereocenters. The van der Waals surface area contributed by atoms with Crippen LogP contribution in [0.3, 0.4) is 0 Å². The van der Waals surface area contributed by atoms with Crippen molar-refractivity contribution in [3.63, 3.8) is 0 Å². The van der Waals surface area contributed by atoms with Gasteiger partial charge in [-0.1, -0.05) is 42.5 Å². The molecule has 0 amide bonds. The third kappa shape index (κ3) is 6.15. The summed E-state index contributed by atoms with van der Waals surface area (Å²) in [6.07, 6.45) is 1.11. The molecule has 0 aliphatic rings. The molecule has 0 aromatic heterocycles. The molecule has 0 bridgehead atoms. The van der Waals surface area contributed by atoms with Crippen molar-refractivity contribution < 1.29 is 4.90 Å². The van der Waals surface area contributed by atoms with Crippen molar-refractivity contribution >= 4 is 23.0 Å². The van der Waals surface area contributed by atoms with Gasteiger partial charge in [-0.2, -0.15) is 0 Å². The SMILES string of the molecule is Cc1cccc(NC(=S)N(CCC[NH+](C)C)Cc2ccccc2)c1C. The zero-order chi connectivity index (χ0) is 18.2. The van der Waals surface area contributed by atoms with Crippen molar-refractivity contribution in [3.8, 4) is 0 Å². The van der Waals surface area contributed by atoms with Crippen molar-refractivity contribution in [2.45, 2.75) is 26.8 Å². The van der Waals surface area contributed by atoms with Crippen molar-refractivity contribution in [1.29, 1.82) is 0 Å². The molecule has 2 aromatic carbocycles. The van der Waals surface area contributed by atoms with Crippen LogP contribution in [-0.2, 0) is 6.54 Å². The Bertz CT molecular complexity index is 683. The van der Waals surface area contributed by atoms with Gasteiger partial charge in [0.2, 0.25) is 0 Å². The highest BCUT2D eigenvalue weighted by atomic mass is 32.1. The van der Waals surface area contributed by atoms with E-state index in [1.165, 1.54) is 21.6 Å². The Morgan fingerprint density at radius 3 is 2.44 bits per heavy atom. The summed E-state index contributed by atoms with van der Waals surface area (Å²) in [5, 5.41) is 4.26. The van der Waals surface area contributed by atoms with Gasteiger partial charge in [0, 0.05) is 25.2 Å². The minimum atomic E-state index is 0.798. The van der Waals surface area contributed by atoms with E-state index in [2.05, 4.69) is 86.7 Å². The predicted octanol–water partition coefficient (Wildman–Crippen LogP) is 3.04. The number of anilines is 1. The largest absolute Gasteiger partial charge is 0.344 e. The Kier molecular flexibility index (Phi) is 7.41. The van der Waals surface area contributed by atoms with Crippen molar-refractivity contribution in [2.24, 2.45) is 0 Å².